The van der Waals surface area contributed by atoms with Gasteiger partial charge in [-0.15, -0.1) is 0 Å². The molecule has 0 saturated carbocycles. The summed E-state index contributed by atoms with van der Waals surface area (Å²) in [5.41, 5.74) is 2.69. The van der Waals surface area contributed by atoms with Crippen molar-refractivity contribution < 1.29 is 24.1 Å². The molecule has 0 amide bonds. The van der Waals surface area contributed by atoms with Crippen molar-refractivity contribution in [3.05, 3.63) is 72.3 Å². The predicted octanol–water partition coefficient (Wildman–Crippen LogP) is 5.81. The minimum atomic E-state index is -0.395. The Morgan fingerprint density at radius 2 is 1.97 bits per heavy atom. The lowest BCUT2D eigenvalue weighted by Crippen LogP contribution is -2.27. The highest BCUT2D eigenvalue weighted by molar-refractivity contribution is 5.72. The second-order valence-corrected chi connectivity index (χ2v) is 8.16. The Morgan fingerprint density at radius 3 is 2.69 bits per heavy atom. The van der Waals surface area contributed by atoms with Gasteiger partial charge in [0.1, 0.15) is 41.8 Å². The van der Waals surface area contributed by atoms with Crippen molar-refractivity contribution in [2.45, 2.75) is 39.4 Å². The van der Waals surface area contributed by atoms with E-state index in [0.29, 0.717) is 30.3 Å². The van der Waals surface area contributed by atoms with Gasteiger partial charge in [0.05, 0.1) is 18.8 Å². The number of hydrogen-bond acceptors (Lipinski definition) is 5. The number of benzene rings is 2. The van der Waals surface area contributed by atoms with Crippen molar-refractivity contribution in [1.82, 2.24) is 0 Å². The van der Waals surface area contributed by atoms with Crippen molar-refractivity contribution in [2.75, 3.05) is 19.8 Å². The highest BCUT2D eigenvalue weighted by atomic mass is 16.5. The van der Waals surface area contributed by atoms with Crippen molar-refractivity contribution in [2.24, 2.45) is 0 Å². The van der Waals surface area contributed by atoms with Gasteiger partial charge in [0.2, 0.25) is 0 Å². The van der Waals surface area contributed by atoms with Gasteiger partial charge in [-0.3, -0.25) is 0 Å². The minimum absolute atomic E-state index is 0.135. The summed E-state index contributed by atoms with van der Waals surface area (Å²) in [6.45, 7) is 15.1. The fraction of sp³-hybridized carbons (Fsp3) is 0.333. The van der Waals surface area contributed by atoms with E-state index in [0.717, 1.165) is 34.6 Å². The second kappa shape index (κ2) is 10.4. The van der Waals surface area contributed by atoms with Crippen LogP contribution in [-0.4, -0.2) is 30.5 Å². The summed E-state index contributed by atoms with van der Waals surface area (Å²) in [4.78, 5) is 0. The third-order valence-electron chi connectivity index (χ3n) is 4.99. The standard InChI is InChI=1S/C27H32O5/c1-6-14-29-21-9-10-22(25(16-21)30-15-7-2)19(3)18-31-26-20(17-28)8-11-24-23(26)12-13-27(4,5)32-24/h7-13,16,28H,2-3,6,14-15,17-18H2,1,4-5H3. The van der Waals surface area contributed by atoms with E-state index in [-0.39, 0.29) is 13.2 Å². The number of hydrogen-bond donors (Lipinski definition) is 1. The average Bonchev–Trinajstić information content (AvgIpc) is 2.78. The molecule has 0 unspecified atom stereocenters. The monoisotopic (exact) mass is 436 g/mol. The Kier molecular flexibility index (Phi) is 7.65. The number of fused-ring (bicyclic) bond motifs is 1. The fourth-order valence-electron chi connectivity index (χ4n) is 3.38. The molecule has 0 bridgehead atoms. The van der Waals surface area contributed by atoms with E-state index in [9.17, 15) is 5.11 Å². The molecular formula is C27H32O5. The predicted molar refractivity (Wildman–Crippen MR) is 129 cm³/mol. The van der Waals surface area contributed by atoms with Gasteiger partial charge in [-0.1, -0.05) is 26.2 Å². The highest BCUT2D eigenvalue weighted by Gasteiger charge is 2.25. The van der Waals surface area contributed by atoms with Gasteiger partial charge in [0.15, 0.2) is 0 Å². The number of aliphatic hydroxyl groups is 1. The van der Waals surface area contributed by atoms with Crippen LogP contribution in [0.25, 0.3) is 11.6 Å². The molecule has 2 aromatic rings. The number of ether oxygens (including phenoxy) is 4. The maximum Gasteiger partial charge on any atom is 0.136 e. The molecule has 5 nitrogen and oxygen atoms in total. The lowest BCUT2D eigenvalue weighted by atomic mass is 9.99. The smallest absolute Gasteiger partial charge is 0.136 e. The molecule has 5 heteroatoms. The first-order chi connectivity index (χ1) is 15.4. The van der Waals surface area contributed by atoms with Crippen molar-refractivity contribution in [1.29, 1.82) is 0 Å². The van der Waals surface area contributed by atoms with Crippen molar-refractivity contribution in [3.63, 3.8) is 0 Å². The normalized spacial score (nSPS) is 13.6. The SMILES string of the molecule is C=CCOc1cc(OCCC)ccc1C(=C)COc1c(CO)ccc2c1C=CC(C)(C)O2. The summed E-state index contributed by atoms with van der Waals surface area (Å²) in [6.07, 6.45) is 6.58. The summed E-state index contributed by atoms with van der Waals surface area (Å²) in [5, 5.41) is 9.84. The van der Waals surface area contributed by atoms with E-state index in [2.05, 4.69) is 20.1 Å². The zero-order chi connectivity index (χ0) is 23.1. The van der Waals surface area contributed by atoms with Gasteiger partial charge in [-0.25, -0.2) is 0 Å². The first-order valence-electron chi connectivity index (χ1n) is 10.8. The van der Waals surface area contributed by atoms with E-state index in [1.54, 1.807) is 6.08 Å². The molecule has 0 radical (unpaired) electrons. The molecule has 1 aliphatic heterocycles. The van der Waals surface area contributed by atoms with Crippen LogP contribution >= 0.6 is 0 Å². The average molecular weight is 437 g/mol. The third-order valence-corrected chi connectivity index (χ3v) is 4.99. The molecule has 0 atom stereocenters. The Bertz CT molecular complexity index is 1000. The Labute approximate surface area is 190 Å². The summed E-state index contributed by atoms with van der Waals surface area (Å²) < 4.78 is 23.8. The summed E-state index contributed by atoms with van der Waals surface area (Å²) in [7, 11) is 0. The molecule has 1 N–H and O–H groups in total. The summed E-state index contributed by atoms with van der Waals surface area (Å²) in [6, 6.07) is 9.38. The zero-order valence-corrected chi connectivity index (χ0v) is 19.1. The van der Waals surface area contributed by atoms with Gasteiger partial charge >= 0.3 is 0 Å². The van der Waals surface area contributed by atoms with Crippen LogP contribution in [0, 0.1) is 0 Å². The lowest BCUT2D eigenvalue weighted by Gasteiger charge is -2.29. The summed E-state index contributed by atoms with van der Waals surface area (Å²) in [5.74, 6) is 2.72. The Morgan fingerprint density at radius 1 is 1.16 bits per heavy atom. The molecule has 2 aromatic carbocycles. The largest absolute Gasteiger partial charge is 0.493 e. The molecule has 0 saturated heterocycles. The number of rotatable bonds is 11. The van der Waals surface area contributed by atoms with Gasteiger partial charge in [0, 0.05) is 17.2 Å². The molecule has 3 rings (SSSR count). The molecule has 0 spiro atoms. The Hall–Kier alpha value is -3.18. The zero-order valence-electron chi connectivity index (χ0n) is 19.1. The van der Waals surface area contributed by atoms with Gasteiger partial charge < -0.3 is 24.1 Å². The molecule has 0 aromatic heterocycles. The van der Waals surface area contributed by atoms with Crippen LogP contribution in [0.5, 0.6) is 23.0 Å². The molecule has 170 valence electrons. The van der Waals surface area contributed by atoms with Crippen molar-refractivity contribution in [3.8, 4) is 23.0 Å². The van der Waals surface area contributed by atoms with Crippen molar-refractivity contribution >= 4 is 11.6 Å². The third kappa shape index (κ3) is 5.54. The van der Waals surface area contributed by atoms with Gasteiger partial charge in [-0.2, -0.15) is 0 Å². The van der Waals surface area contributed by atoms with Crippen LogP contribution in [0.1, 0.15) is 43.9 Å². The molecule has 1 aliphatic rings. The second-order valence-electron chi connectivity index (χ2n) is 8.16. The maximum atomic E-state index is 9.84. The van der Waals surface area contributed by atoms with Gasteiger partial charge in [0.25, 0.3) is 0 Å². The molecule has 32 heavy (non-hydrogen) atoms. The fourth-order valence-corrected chi connectivity index (χ4v) is 3.38. The van der Waals surface area contributed by atoms with Crippen LogP contribution in [0.2, 0.25) is 0 Å². The molecule has 0 aliphatic carbocycles. The van der Waals surface area contributed by atoms with E-state index in [1.807, 2.05) is 56.3 Å². The topological polar surface area (TPSA) is 57.2 Å². The van der Waals surface area contributed by atoms with E-state index in [1.165, 1.54) is 0 Å². The van der Waals surface area contributed by atoms with Crippen LogP contribution in [0.4, 0.5) is 0 Å². The molecule has 1 heterocycles. The quantitative estimate of drug-likeness (QED) is 0.451. The maximum absolute atomic E-state index is 9.84. The first kappa shape index (κ1) is 23.5. The van der Waals surface area contributed by atoms with E-state index >= 15 is 0 Å². The van der Waals surface area contributed by atoms with Crippen LogP contribution in [0.15, 0.2) is 55.6 Å². The summed E-state index contributed by atoms with van der Waals surface area (Å²) >= 11 is 0. The van der Waals surface area contributed by atoms with Crippen LogP contribution in [0.3, 0.4) is 0 Å². The van der Waals surface area contributed by atoms with E-state index < -0.39 is 5.60 Å². The van der Waals surface area contributed by atoms with Crippen LogP contribution < -0.4 is 18.9 Å². The molecular weight excluding hydrogens is 404 g/mol. The van der Waals surface area contributed by atoms with E-state index in [4.69, 9.17) is 18.9 Å². The highest BCUT2D eigenvalue weighted by Crippen LogP contribution is 2.40. The Balaban J connectivity index is 1.83. The lowest BCUT2D eigenvalue weighted by molar-refractivity contribution is 0.157. The molecule has 0 fully saturated rings. The minimum Gasteiger partial charge on any atom is -0.493 e. The van der Waals surface area contributed by atoms with Gasteiger partial charge in [-0.05, 0) is 62.3 Å². The van der Waals surface area contributed by atoms with Crippen LogP contribution in [-0.2, 0) is 6.61 Å². The number of aliphatic hydroxyl groups excluding tert-OH is 1. The first-order valence-corrected chi connectivity index (χ1v) is 10.8.